The van der Waals surface area contributed by atoms with E-state index in [4.69, 9.17) is 4.74 Å². The highest BCUT2D eigenvalue weighted by Gasteiger charge is 2.63. The molecule has 2 aliphatic rings. The summed E-state index contributed by atoms with van der Waals surface area (Å²) in [6.07, 6.45) is -0.733. The van der Waals surface area contributed by atoms with Crippen LogP contribution in [0.25, 0.3) is 0 Å². The van der Waals surface area contributed by atoms with Crippen molar-refractivity contribution in [1.82, 2.24) is 4.90 Å². The number of benzene rings is 1. The van der Waals surface area contributed by atoms with E-state index in [1.165, 1.54) is 11.8 Å². The van der Waals surface area contributed by atoms with E-state index < -0.39 is 28.6 Å². The number of ether oxygens (including phenoxy) is 1. The van der Waals surface area contributed by atoms with Gasteiger partial charge in [-0.25, -0.2) is 9.59 Å². The number of para-hydroxylation sites is 1. The van der Waals surface area contributed by atoms with Crippen molar-refractivity contribution in [3.05, 3.63) is 29.8 Å². The number of nitrogens with one attached hydrogen (secondary N) is 1. The third-order valence-corrected chi connectivity index (χ3v) is 4.87. The Kier molecular flexibility index (Phi) is 3.60. The average molecular weight is 346 g/mol. The maximum absolute atomic E-state index is 12.7. The van der Waals surface area contributed by atoms with E-state index in [9.17, 15) is 19.5 Å². The highest BCUT2D eigenvalue weighted by molar-refractivity contribution is 6.08. The molecule has 0 radical (unpaired) electrons. The predicted octanol–water partition coefficient (Wildman–Crippen LogP) is 2.36. The molecule has 2 heterocycles. The number of nitrogens with zero attached hydrogens (tertiary/aromatic N) is 1. The van der Waals surface area contributed by atoms with Gasteiger partial charge in [0.15, 0.2) is 0 Å². The quantitative estimate of drug-likeness (QED) is 0.814. The summed E-state index contributed by atoms with van der Waals surface area (Å²) in [6.45, 7) is 6.57. The lowest BCUT2D eigenvalue weighted by atomic mass is 9.76. The second-order valence-corrected chi connectivity index (χ2v) is 7.90. The highest BCUT2D eigenvalue weighted by atomic mass is 16.6. The summed E-state index contributed by atoms with van der Waals surface area (Å²) < 4.78 is 5.39. The second-order valence-electron chi connectivity index (χ2n) is 7.90. The summed E-state index contributed by atoms with van der Waals surface area (Å²) in [6, 6.07) is 7.18. The van der Waals surface area contributed by atoms with E-state index >= 15 is 0 Å². The molecule has 2 atom stereocenters. The molecule has 0 aromatic heterocycles. The molecule has 2 aliphatic heterocycles. The predicted molar refractivity (Wildman–Crippen MR) is 90.3 cm³/mol. The van der Waals surface area contributed by atoms with Crippen molar-refractivity contribution in [3.8, 4) is 0 Å². The van der Waals surface area contributed by atoms with Crippen LogP contribution in [0, 0.1) is 0 Å². The second kappa shape index (κ2) is 5.21. The van der Waals surface area contributed by atoms with E-state index in [2.05, 4.69) is 5.32 Å². The Morgan fingerprint density at radius 3 is 2.52 bits per heavy atom. The SMILES string of the molecule is CC(C)(C)OC(=O)N1C[C@@]2(C[C@@]1(C)C(=O)O)C(=O)Nc1ccccc12. The van der Waals surface area contributed by atoms with Crippen molar-refractivity contribution in [2.24, 2.45) is 0 Å². The molecule has 1 saturated heterocycles. The fourth-order valence-corrected chi connectivity index (χ4v) is 3.66. The maximum atomic E-state index is 12.7. The van der Waals surface area contributed by atoms with Gasteiger partial charge >= 0.3 is 12.1 Å². The molecule has 1 aromatic carbocycles. The third-order valence-electron chi connectivity index (χ3n) is 4.87. The first-order valence-corrected chi connectivity index (χ1v) is 8.15. The number of carboxylic acid groups (broad SMARTS) is 1. The van der Waals surface area contributed by atoms with E-state index in [0.717, 1.165) is 5.56 Å². The van der Waals surface area contributed by atoms with Crippen LogP contribution in [-0.4, -0.2) is 45.7 Å². The number of carbonyl (C=O) groups is 3. The van der Waals surface area contributed by atoms with Gasteiger partial charge in [-0.3, -0.25) is 9.69 Å². The molecule has 0 aliphatic carbocycles. The van der Waals surface area contributed by atoms with Crippen molar-refractivity contribution in [1.29, 1.82) is 0 Å². The number of hydrogen-bond acceptors (Lipinski definition) is 4. The van der Waals surface area contributed by atoms with Gasteiger partial charge in [0.2, 0.25) is 5.91 Å². The first-order chi connectivity index (χ1) is 11.5. The molecule has 1 spiro atoms. The monoisotopic (exact) mass is 346 g/mol. The lowest BCUT2D eigenvalue weighted by Crippen LogP contribution is -2.52. The van der Waals surface area contributed by atoms with Crippen LogP contribution in [0.5, 0.6) is 0 Å². The minimum absolute atomic E-state index is 0.00256. The molecular weight excluding hydrogens is 324 g/mol. The number of fused-ring (bicyclic) bond motifs is 2. The lowest BCUT2D eigenvalue weighted by molar-refractivity contribution is -0.148. The lowest BCUT2D eigenvalue weighted by Gasteiger charge is -2.32. The Bertz CT molecular complexity index is 769. The highest BCUT2D eigenvalue weighted by Crippen LogP contribution is 2.50. The van der Waals surface area contributed by atoms with Gasteiger partial charge in [-0.15, -0.1) is 0 Å². The van der Waals surface area contributed by atoms with Crippen LogP contribution in [0.2, 0.25) is 0 Å². The van der Waals surface area contributed by atoms with Crippen molar-refractivity contribution >= 4 is 23.7 Å². The zero-order chi connectivity index (χ0) is 18.6. The minimum atomic E-state index is -1.53. The molecule has 134 valence electrons. The van der Waals surface area contributed by atoms with Crippen LogP contribution in [-0.2, 0) is 19.7 Å². The standard InChI is InChI=1S/C18H22N2O5/c1-16(2,3)25-15(24)20-10-18(9-17(20,4)14(22)23)11-7-5-6-8-12(11)19-13(18)21/h5-8H,9-10H2,1-4H3,(H,19,21)(H,22,23)/t17-,18+/m0/s1. The topological polar surface area (TPSA) is 95.9 Å². The van der Waals surface area contributed by atoms with Gasteiger partial charge < -0.3 is 15.2 Å². The number of amides is 2. The van der Waals surface area contributed by atoms with Crippen LogP contribution in [0.1, 0.15) is 39.7 Å². The summed E-state index contributed by atoms with van der Waals surface area (Å²) in [4.78, 5) is 38.5. The number of carbonyl (C=O) groups excluding carboxylic acids is 2. The van der Waals surface area contributed by atoms with E-state index in [1.807, 2.05) is 0 Å². The fraction of sp³-hybridized carbons (Fsp3) is 0.500. The summed E-state index contributed by atoms with van der Waals surface area (Å²) in [5.41, 5.74) is -2.00. The molecular formula is C18H22N2O5. The van der Waals surface area contributed by atoms with Crippen molar-refractivity contribution in [2.75, 3.05) is 11.9 Å². The molecule has 0 unspecified atom stereocenters. The first-order valence-electron chi connectivity index (χ1n) is 8.15. The van der Waals surface area contributed by atoms with Crippen molar-refractivity contribution < 1.29 is 24.2 Å². The summed E-state index contributed by atoms with van der Waals surface area (Å²) >= 11 is 0. The van der Waals surface area contributed by atoms with Gasteiger partial charge in [0.05, 0.1) is 5.41 Å². The Morgan fingerprint density at radius 2 is 1.92 bits per heavy atom. The Hall–Kier alpha value is -2.57. The molecule has 2 amide bonds. The fourth-order valence-electron chi connectivity index (χ4n) is 3.66. The van der Waals surface area contributed by atoms with Crippen LogP contribution in [0.15, 0.2) is 24.3 Å². The number of aliphatic carboxylic acids is 1. The Morgan fingerprint density at radius 1 is 1.28 bits per heavy atom. The number of anilines is 1. The normalized spacial score (nSPS) is 28.0. The molecule has 3 rings (SSSR count). The molecule has 1 fully saturated rings. The number of rotatable bonds is 1. The minimum Gasteiger partial charge on any atom is -0.480 e. The third kappa shape index (κ3) is 2.54. The van der Waals surface area contributed by atoms with Gasteiger partial charge in [-0.1, -0.05) is 18.2 Å². The molecule has 1 aromatic rings. The van der Waals surface area contributed by atoms with Crippen LogP contribution in [0.4, 0.5) is 10.5 Å². The van der Waals surface area contributed by atoms with E-state index in [0.29, 0.717) is 5.69 Å². The van der Waals surface area contributed by atoms with Crippen molar-refractivity contribution in [3.63, 3.8) is 0 Å². The summed E-state index contributed by atoms with van der Waals surface area (Å²) in [5.74, 6) is -1.44. The van der Waals surface area contributed by atoms with E-state index in [1.54, 1.807) is 45.0 Å². The molecule has 0 saturated carbocycles. The van der Waals surface area contributed by atoms with Crippen molar-refractivity contribution in [2.45, 2.75) is 50.7 Å². The number of likely N-dealkylation sites (tertiary alicyclic amines) is 1. The van der Waals surface area contributed by atoms with Gasteiger partial charge in [0.25, 0.3) is 0 Å². The van der Waals surface area contributed by atoms with Gasteiger partial charge in [0, 0.05) is 18.7 Å². The maximum Gasteiger partial charge on any atom is 0.411 e. The van der Waals surface area contributed by atoms with Crippen LogP contribution < -0.4 is 5.32 Å². The van der Waals surface area contributed by atoms with Gasteiger partial charge in [-0.05, 0) is 39.3 Å². The molecule has 7 heteroatoms. The van der Waals surface area contributed by atoms with E-state index in [-0.39, 0.29) is 18.9 Å². The first kappa shape index (κ1) is 17.3. The summed E-state index contributed by atoms with van der Waals surface area (Å²) in [7, 11) is 0. The smallest absolute Gasteiger partial charge is 0.411 e. The van der Waals surface area contributed by atoms with Gasteiger partial charge in [-0.2, -0.15) is 0 Å². The number of hydrogen-bond donors (Lipinski definition) is 2. The van der Waals surface area contributed by atoms with Crippen LogP contribution >= 0.6 is 0 Å². The largest absolute Gasteiger partial charge is 0.480 e. The zero-order valence-corrected chi connectivity index (χ0v) is 14.8. The zero-order valence-electron chi connectivity index (χ0n) is 14.8. The molecule has 7 nitrogen and oxygen atoms in total. The average Bonchev–Trinajstić information content (AvgIpc) is 2.95. The molecule has 0 bridgehead atoms. The van der Waals surface area contributed by atoms with Crippen LogP contribution in [0.3, 0.4) is 0 Å². The summed E-state index contributed by atoms with van der Waals surface area (Å²) in [5, 5.41) is 12.6. The molecule has 25 heavy (non-hydrogen) atoms. The molecule has 2 N–H and O–H groups in total. The Balaban J connectivity index is 2.06. The number of carboxylic acids is 1. The van der Waals surface area contributed by atoms with Gasteiger partial charge in [0.1, 0.15) is 11.1 Å². The Labute approximate surface area is 146 Å².